The van der Waals surface area contributed by atoms with Gasteiger partial charge in [-0.15, -0.1) is 11.3 Å². The Hall–Kier alpha value is -2.14. The smallest absolute Gasteiger partial charge is 0.268 e. The highest BCUT2D eigenvalue weighted by Crippen LogP contribution is 2.36. The van der Waals surface area contributed by atoms with E-state index in [1.54, 1.807) is 23.7 Å². The number of amides is 1. The molecule has 1 N–H and O–H groups in total. The van der Waals surface area contributed by atoms with Crippen LogP contribution in [0.1, 0.15) is 47.8 Å². The number of hydrogen-bond acceptors (Lipinski definition) is 3. The summed E-state index contributed by atoms with van der Waals surface area (Å²) in [6.45, 7) is 0.533. The Bertz CT molecular complexity index is 815. The van der Waals surface area contributed by atoms with Gasteiger partial charge in [0, 0.05) is 25.0 Å². The van der Waals surface area contributed by atoms with E-state index in [9.17, 15) is 4.79 Å². The molecule has 0 radical (unpaired) electrons. The average molecular weight is 325 g/mol. The van der Waals surface area contributed by atoms with E-state index in [0.717, 1.165) is 11.3 Å². The molecule has 3 heterocycles. The van der Waals surface area contributed by atoms with Gasteiger partial charge in [0.1, 0.15) is 5.69 Å². The molecule has 3 aromatic rings. The van der Waals surface area contributed by atoms with Crippen molar-refractivity contribution in [2.45, 2.75) is 38.3 Å². The standard InChI is InChI=1S/C18H19N3OS/c22-18(20-12-13-5-8-19-9-6-13)16-11-17-15(7-10-23-17)21(16)14-3-1-2-4-14/h5-11,14H,1-4,12H2,(H,20,22). The van der Waals surface area contributed by atoms with Gasteiger partial charge in [0.25, 0.3) is 5.91 Å². The Morgan fingerprint density at radius 3 is 2.83 bits per heavy atom. The van der Waals surface area contributed by atoms with E-state index >= 15 is 0 Å². The molecule has 4 nitrogen and oxygen atoms in total. The number of nitrogens with zero attached hydrogens (tertiary/aromatic N) is 2. The van der Waals surface area contributed by atoms with Gasteiger partial charge in [-0.25, -0.2) is 0 Å². The Morgan fingerprint density at radius 1 is 1.26 bits per heavy atom. The molecule has 0 aromatic carbocycles. The Balaban J connectivity index is 1.61. The molecule has 0 spiro atoms. The van der Waals surface area contributed by atoms with Crippen LogP contribution in [0.3, 0.4) is 0 Å². The predicted octanol–water partition coefficient (Wildman–Crippen LogP) is 4.14. The zero-order chi connectivity index (χ0) is 15.6. The topological polar surface area (TPSA) is 46.9 Å². The van der Waals surface area contributed by atoms with E-state index in [2.05, 4.69) is 26.3 Å². The second-order valence-electron chi connectivity index (χ2n) is 6.05. The minimum absolute atomic E-state index is 0.0112. The molecule has 0 saturated heterocycles. The maximum Gasteiger partial charge on any atom is 0.268 e. The molecule has 4 rings (SSSR count). The first-order valence-electron chi connectivity index (χ1n) is 8.08. The Morgan fingerprint density at radius 2 is 2.04 bits per heavy atom. The summed E-state index contributed by atoms with van der Waals surface area (Å²) in [5, 5.41) is 5.15. The molecule has 3 aromatic heterocycles. The van der Waals surface area contributed by atoms with E-state index in [-0.39, 0.29) is 5.91 Å². The van der Waals surface area contributed by atoms with Crippen LogP contribution in [0.5, 0.6) is 0 Å². The monoisotopic (exact) mass is 325 g/mol. The van der Waals surface area contributed by atoms with Gasteiger partial charge in [-0.05, 0) is 48.1 Å². The molecular weight excluding hydrogens is 306 g/mol. The second kappa shape index (κ2) is 6.16. The molecule has 1 amide bonds. The van der Waals surface area contributed by atoms with Crippen molar-refractivity contribution in [1.82, 2.24) is 14.9 Å². The van der Waals surface area contributed by atoms with Crippen LogP contribution in [-0.4, -0.2) is 15.5 Å². The summed E-state index contributed by atoms with van der Waals surface area (Å²) in [6.07, 6.45) is 8.35. The second-order valence-corrected chi connectivity index (χ2v) is 6.99. The zero-order valence-electron chi connectivity index (χ0n) is 12.9. The van der Waals surface area contributed by atoms with Crippen molar-refractivity contribution in [1.29, 1.82) is 0 Å². The highest BCUT2D eigenvalue weighted by molar-refractivity contribution is 7.17. The molecule has 0 atom stereocenters. The molecule has 118 valence electrons. The fraction of sp³-hybridized carbons (Fsp3) is 0.333. The highest BCUT2D eigenvalue weighted by Gasteiger charge is 2.24. The summed E-state index contributed by atoms with van der Waals surface area (Å²) < 4.78 is 3.46. The van der Waals surface area contributed by atoms with Crippen molar-refractivity contribution in [3.05, 3.63) is 53.3 Å². The Kier molecular flexibility index (Phi) is 3.87. The molecule has 23 heavy (non-hydrogen) atoms. The van der Waals surface area contributed by atoms with Crippen molar-refractivity contribution in [3.63, 3.8) is 0 Å². The molecule has 5 heteroatoms. The van der Waals surface area contributed by atoms with Gasteiger partial charge < -0.3 is 9.88 Å². The predicted molar refractivity (Wildman–Crippen MR) is 92.7 cm³/mol. The third-order valence-corrected chi connectivity index (χ3v) is 5.44. The first-order valence-corrected chi connectivity index (χ1v) is 8.96. The van der Waals surface area contributed by atoms with Crippen LogP contribution in [0.25, 0.3) is 10.2 Å². The third kappa shape index (κ3) is 2.77. The van der Waals surface area contributed by atoms with Crippen molar-refractivity contribution < 1.29 is 4.79 Å². The zero-order valence-corrected chi connectivity index (χ0v) is 13.7. The molecular formula is C18H19N3OS. The minimum atomic E-state index is 0.0112. The lowest BCUT2D eigenvalue weighted by molar-refractivity contribution is 0.0940. The van der Waals surface area contributed by atoms with Crippen molar-refractivity contribution >= 4 is 27.5 Å². The highest BCUT2D eigenvalue weighted by atomic mass is 32.1. The van der Waals surface area contributed by atoms with Gasteiger partial charge in [-0.2, -0.15) is 0 Å². The number of carbonyl (C=O) groups is 1. The van der Waals surface area contributed by atoms with Gasteiger partial charge in [0.2, 0.25) is 0 Å². The van der Waals surface area contributed by atoms with Crippen molar-refractivity contribution in [3.8, 4) is 0 Å². The van der Waals surface area contributed by atoms with Crippen LogP contribution in [0.4, 0.5) is 0 Å². The first kappa shape index (κ1) is 14.5. The molecule has 1 fully saturated rings. The van der Waals surface area contributed by atoms with E-state index in [4.69, 9.17) is 0 Å². The van der Waals surface area contributed by atoms with Crippen LogP contribution in [0.2, 0.25) is 0 Å². The number of fused-ring (bicyclic) bond motifs is 1. The SMILES string of the molecule is O=C(NCc1ccncc1)c1cc2sccc2n1C1CCCC1. The minimum Gasteiger partial charge on any atom is -0.347 e. The lowest BCUT2D eigenvalue weighted by Crippen LogP contribution is -2.26. The largest absolute Gasteiger partial charge is 0.347 e. The van der Waals surface area contributed by atoms with Gasteiger partial charge in [0.15, 0.2) is 0 Å². The molecule has 0 unspecified atom stereocenters. The summed E-state index contributed by atoms with van der Waals surface area (Å²) >= 11 is 1.70. The van der Waals surface area contributed by atoms with Crippen LogP contribution >= 0.6 is 11.3 Å². The number of pyridine rings is 1. The molecule has 0 aliphatic heterocycles. The summed E-state index contributed by atoms with van der Waals surface area (Å²) in [5.41, 5.74) is 3.07. The fourth-order valence-electron chi connectivity index (χ4n) is 3.45. The first-order chi connectivity index (χ1) is 11.3. The van der Waals surface area contributed by atoms with E-state index in [1.165, 1.54) is 35.9 Å². The van der Waals surface area contributed by atoms with E-state index in [1.807, 2.05) is 18.2 Å². The number of aromatic nitrogens is 2. The third-order valence-electron chi connectivity index (χ3n) is 4.59. The van der Waals surface area contributed by atoms with E-state index in [0.29, 0.717) is 12.6 Å². The van der Waals surface area contributed by atoms with Crippen LogP contribution in [0.15, 0.2) is 42.0 Å². The quantitative estimate of drug-likeness (QED) is 0.783. The van der Waals surface area contributed by atoms with E-state index < -0.39 is 0 Å². The molecule has 1 aliphatic rings. The maximum atomic E-state index is 12.7. The number of rotatable bonds is 4. The number of nitrogens with one attached hydrogen (secondary N) is 1. The van der Waals surface area contributed by atoms with Gasteiger partial charge in [-0.3, -0.25) is 9.78 Å². The van der Waals surface area contributed by atoms with Crippen molar-refractivity contribution in [2.75, 3.05) is 0 Å². The molecule has 1 saturated carbocycles. The molecule has 0 bridgehead atoms. The van der Waals surface area contributed by atoms with Gasteiger partial charge in [0.05, 0.1) is 10.2 Å². The molecule has 1 aliphatic carbocycles. The van der Waals surface area contributed by atoms with Crippen LogP contribution < -0.4 is 5.32 Å². The normalized spacial score (nSPS) is 15.3. The lowest BCUT2D eigenvalue weighted by atomic mass is 10.2. The maximum absolute atomic E-state index is 12.7. The summed E-state index contributed by atoms with van der Waals surface area (Å²) in [7, 11) is 0. The number of carbonyl (C=O) groups excluding carboxylic acids is 1. The Labute approximate surface area is 139 Å². The summed E-state index contributed by atoms with van der Waals surface area (Å²) in [4.78, 5) is 16.7. The lowest BCUT2D eigenvalue weighted by Gasteiger charge is -2.17. The number of thiophene rings is 1. The van der Waals surface area contributed by atoms with Crippen molar-refractivity contribution in [2.24, 2.45) is 0 Å². The van der Waals surface area contributed by atoms with Gasteiger partial charge >= 0.3 is 0 Å². The van der Waals surface area contributed by atoms with Crippen LogP contribution in [0, 0.1) is 0 Å². The van der Waals surface area contributed by atoms with Gasteiger partial charge in [-0.1, -0.05) is 12.8 Å². The van der Waals surface area contributed by atoms with Crippen LogP contribution in [-0.2, 0) is 6.54 Å². The summed E-state index contributed by atoms with van der Waals surface area (Å²) in [6, 6.07) is 8.49. The number of hydrogen-bond donors (Lipinski definition) is 1. The fourth-order valence-corrected chi connectivity index (χ4v) is 4.26. The average Bonchev–Trinajstić information content (AvgIpc) is 3.29. The summed E-state index contributed by atoms with van der Waals surface area (Å²) in [5.74, 6) is 0.0112.